The first-order valence-corrected chi connectivity index (χ1v) is 11.2. The minimum absolute atomic E-state index is 0.0503. The van der Waals surface area contributed by atoms with Crippen molar-refractivity contribution in [2.45, 2.75) is 43.9 Å². The molecule has 158 valence electrons. The van der Waals surface area contributed by atoms with Crippen LogP contribution < -0.4 is 10.6 Å². The monoisotopic (exact) mass is 414 g/mol. The van der Waals surface area contributed by atoms with Crippen LogP contribution in [0.3, 0.4) is 0 Å². The Morgan fingerprint density at radius 2 is 1.84 bits per heavy atom. The maximum Gasteiger partial charge on any atom is 0.322 e. The molecule has 2 aromatic carbocycles. The number of carbonyl (C=O) groups excluding carboxylic acids is 1. The van der Waals surface area contributed by atoms with E-state index in [2.05, 4.69) is 41.0 Å². The minimum Gasteiger partial charge on any atom is -0.371 e. The van der Waals surface area contributed by atoms with Crippen LogP contribution in [0.25, 0.3) is 10.9 Å². The number of aryl methyl sites for hydroxylation is 1. The van der Waals surface area contributed by atoms with E-state index in [9.17, 15) is 4.79 Å². The largest absolute Gasteiger partial charge is 0.371 e. The van der Waals surface area contributed by atoms with Gasteiger partial charge in [0.2, 0.25) is 0 Å². The Balaban J connectivity index is 1.16. The van der Waals surface area contributed by atoms with E-state index >= 15 is 0 Å². The van der Waals surface area contributed by atoms with Gasteiger partial charge in [0.15, 0.2) is 0 Å². The predicted octanol–water partition coefficient (Wildman–Crippen LogP) is 4.73. The second-order valence-electron chi connectivity index (χ2n) is 8.83. The van der Waals surface area contributed by atoms with Gasteiger partial charge < -0.3 is 20.3 Å². The summed E-state index contributed by atoms with van der Waals surface area (Å²) in [5, 5.41) is 7.65. The molecule has 2 saturated heterocycles. The van der Waals surface area contributed by atoms with Gasteiger partial charge in [0.05, 0.1) is 23.8 Å². The molecule has 1 aliphatic carbocycles. The lowest BCUT2D eigenvalue weighted by atomic mass is 10.1. The number of pyridine rings is 1. The summed E-state index contributed by atoms with van der Waals surface area (Å²) in [7, 11) is 0. The molecule has 2 bridgehead atoms. The third kappa shape index (κ3) is 3.61. The van der Waals surface area contributed by atoms with Crippen molar-refractivity contribution < 1.29 is 9.53 Å². The van der Waals surface area contributed by atoms with Gasteiger partial charge in [0, 0.05) is 24.2 Å². The van der Waals surface area contributed by atoms with Crippen LogP contribution >= 0.6 is 0 Å². The number of hydrogen-bond donors (Lipinski definition) is 2. The molecule has 1 aromatic heterocycles. The number of hydrogen-bond acceptors (Lipinski definition) is 4. The third-order valence-corrected chi connectivity index (χ3v) is 6.73. The number of likely N-dealkylation sites (tertiary alicyclic amines) is 1. The minimum atomic E-state index is -0.0503. The summed E-state index contributed by atoms with van der Waals surface area (Å²) in [5.41, 5.74) is 4.51. The Hall–Kier alpha value is -3.12. The normalized spacial score (nSPS) is 24.3. The molecule has 3 aliphatic rings. The summed E-state index contributed by atoms with van der Waals surface area (Å²) in [6.07, 6.45) is 4.70. The van der Waals surface area contributed by atoms with E-state index in [-0.39, 0.29) is 18.2 Å². The molecule has 0 radical (unpaired) electrons. The van der Waals surface area contributed by atoms with Crippen LogP contribution in [0, 0.1) is 0 Å². The van der Waals surface area contributed by atoms with Crippen molar-refractivity contribution in [2.75, 3.05) is 23.7 Å². The number of urea groups is 1. The number of carbonyl (C=O) groups is 1. The van der Waals surface area contributed by atoms with Crippen LogP contribution in [0.5, 0.6) is 0 Å². The van der Waals surface area contributed by atoms with Gasteiger partial charge in [-0.2, -0.15) is 0 Å². The van der Waals surface area contributed by atoms with E-state index in [1.165, 1.54) is 11.1 Å². The van der Waals surface area contributed by atoms with Crippen molar-refractivity contribution in [1.82, 2.24) is 9.88 Å². The summed E-state index contributed by atoms with van der Waals surface area (Å²) in [4.78, 5) is 19.4. The fourth-order valence-electron chi connectivity index (χ4n) is 5.15. The van der Waals surface area contributed by atoms with E-state index in [4.69, 9.17) is 9.72 Å². The lowest BCUT2D eigenvalue weighted by Crippen LogP contribution is -2.47. The topological polar surface area (TPSA) is 66.5 Å². The first-order valence-electron chi connectivity index (χ1n) is 11.2. The van der Waals surface area contributed by atoms with Crippen molar-refractivity contribution >= 4 is 28.4 Å². The number of nitrogens with zero attached hydrogens (tertiary/aromatic N) is 2. The Kier molecular flexibility index (Phi) is 4.53. The zero-order valence-corrected chi connectivity index (χ0v) is 17.4. The first kappa shape index (κ1) is 18.6. The van der Waals surface area contributed by atoms with Gasteiger partial charge in [-0.05, 0) is 67.1 Å². The number of anilines is 2. The van der Waals surface area contributed by atoms with Crippen LogP contribution in [0.4, 0.5) is 16.3 Å². The number of amides is 2. The smallest absolute Gasteiger partial charge is 0.322 e. The second kappa shape index (κ2) is 7.54. The van der Waals surface area contributed by atoms with Crippen LogP contribution in [-0.4, -0.2) is 41.2 Å². The number of ether oxygens (including phenoxy) is 1. The lowest BCUT2D eigenvalue weighted by molar-refractivity contribution is -0.0219. The molecule has 0 saturated carbocycles. The maximum atomic E-state index is 12.7. The van der Waals surface area contributed by atoms with E-state index < -0.39 is 0 Å². The van der Waals surface area contributed by atoms with Crippen molar-refractivity contribution in [3.63, 3.8) is 0 Å². The molecule has 0 unspecified atom stereocenters. The van der Waals surface area contributed by atoms with Gasteiger partial charge >= 0.3 is 6.03 Å². The fraction of sp³-hybridized carbons (Fsp3) is 0.360. The lowest BCUT2D eigenvalue weighted by Gasteiger charge is -2.32. The fourth-order valence-corrected chi connectivity index (χ4v) is 5.15. The van der Waals surface area contributed by atoms with Crippen LogP contribution in [0.15, 0.2) is 54.6 Å². The molecule has 6 heteroatoms. The van der Waals surface area contributed by atoms with Gasteiger partial charge in [-0.25, -0.2) is 9.78 Å². The van der Waals surface area contributed by atoms with Gasteiger partial charge in [0.1, 0.15) is 5.82 Å². The molecule has 2 fully saturated rings. The number of fused-ring (bicyclic) bond motifs is 4. The number of aromatic nitrogens is 1. The molecule has 31 heavy (non-hydrogen) atoms. The molecule has 6 rings (SSSR count). The van der Waals surface area contributed by atoms with Gasteiger partial charge in [-0.15, -0.1) is 0 Å². The van der Waals surface area contributed by atoms with Gasteiger partial charge in [-0.3, -0.25) is 0 Å². The summed E-state index contributed by atoms with van der Waals surface area (Å²) >= 11 is 0. The van der Waals surface area contributed by atoms with E-state index in [1.807, 2.05) is 29.2 Å². The van der Waals surface area contributed by atoms with E-state index in [0.717, 1.165) is 48.1 Å². The summed E-state index contributed by atoms with van der Waals surface area (Å²) in [6, 6.07) is 18.9. The SMILES string of the molecule is O=C(Nc1ccc2nc(N[C@@H]3CCc4ccccc43)ccc2c1)N1C[C@H]2CC[C@@H](C1)O2. The maximum absolute atomic E-state index is 12.7. The zero-order chi connectivity index (χ0) is 20.8. The number of benzene rings is 2. The zero-order valence-electron chi connectivity index (χ0n) is 17.4. The molecule has 3 heterocycles. The summed E-state index contributed by atoms with van der Waals surface area (Å²) < 4.78 is 5.83. The molecule has 0 spiro atoms. The van der Waals surface area contributed by atoms with Crippen molar-refractivity contribution in [2.24, 2.45) is 0 Å². The number of morpholine rings is 1. The quantitative estimate of drug-likeness (QED) is 0.650. The molecular weight excluding hydrogens is 388 g/mol. The molecule has 3 aromatic rings. The molecule has 2 N–H and O–H groups in total. The Labute approximate surface area is 181 Å². The van der Waals surface area contributed by atoms with Crippen molar-refractivity contribution in [3.8, 4) is 0 Å². The van der Waals surface area contributed by atoms with Crippen LogP contribution in [0.2, 0.25) is 0 Å². The average Bonchev–Trinajstić information content (AvgIpc) is 3.36. The van der Waals surface area contributed by atoms with Gasteiger partial charge in [-0.1, -0.05) is 24.3 Å². The van der Waals surface area contributed by atoms with Crippen LogP contribution in [-0.2, 0) is 11.2 Å². The molecule has 6 nitrogen and oxygen atoms in total. The number of nitrogens with one attached hydrogen (secondary N) is 2. The summed E-state index contributed by atoms with van der Waals surface area (Å²) in [6.45, 7) is 1.35. The highest BCUT2D eigenvalue weighted by atomic mass is 16.5. The molecule has 2 aliphatic heterocycles. The molecule has 2 amide bonds. The first-order chi connectivity index (χ1) is 15.2. The van der Waals surface area contributed by atoms with Crippen molar-refractivity contribution in [1.29, 1.82) is 0 Å². The standard InChI is InChI=1S/C25H26N4O2/c30-25(29-14-19-8-9-20(15-29)31-19)26-18-7-11-22-17(13-18)6-12-24(27-22)28-23-10-5-16-3-1-2-4-21(16)23/h1-4,6-7,11-13,19-20,23H,5,8-10,14-15H2,(H,26,30)(H,27,28)/t19-,20+,23-/m1/s1. The van der Waals surface area contributed by atoms with E-state index in [0.29, 0.717) is 19.1 Å². The highest BCUT2D eigenvalue weighted by molar-refractivity contribution is 5.93. The predicted molar refractivity (Wildman–Crippen MR) is 121 cm³/mol. The van der Waals surface area contributed by atoms with Crippen molar-refractivity contribution in [3.05, 3.63) is 65.7 Å². The molecular formula is C25H26N4O2. The number of rotatable bonds is 3. The molecule has 3 atom stereocenters. The highest BCUT2D eigenvalue weighted by Crippen LogP contribution is 2.33. The average molecular weight is 415 g/mol. The third-order valence-electron chi connectivity index (χ3n) is 6.73. The van der Waals surface area contributed by atoms with Gasteiger partial charge in [0.25, 0.3) is 0 Å². The second-order valence-corrected chi connectivity index (χ2v) is 8.83. The Morgan fingerprint density at radius 3 is 2.71 bits per heavy atom. The van der Waals surface area contributed by atoms with Crippen LogP contribution in [0.1, 0.15) is 36.4 Å². The Morgan fingerprint density at radius 1 is 1.00 bits per heavy atom. The Bertz CT molecular complexity index is 1140. The highest BCUT2D eigenvalue weighted by Gasteiger charge is 2.35. The van der Waals surface area contributed by atoms with E-state index in [1.54, 1.807) is 0 Å². The summed E-state index contributed by atoms with van der Waals surface area (Å²) in [5.74, 6) is 0.884.